The summed E-state index contributed by atoms with van der Waals surface area (Å²) in [7, 11) is 3.78. The zero-order valence-electron chi connectivity index (χ0n) is 16.2. The Morgan fingerprint density at radius 3 is 2.50 bits per heavy atom. The Balaban J connectivity index is 1.65. The van der Waals surface area contributed by atoms with Crippen LogP contribution in [-0.2, 0) is 4.74 Å². The van der Waals surface area contributed by atoms with Crippen LogP contribution in [0.25, 0.3) is 5.95 Å². The molecule has 1 aliphatic heterocycles. The van der Waals surface area contributed by atoms with Crippen molar-refractivity contribution in [2.75, 3.05) is 50.2 Å². The van der Waals surface area contributed by atoms with Crippen molar-refractivity contribution in [1.82, 2.24) is 34.9 Å². The van der Waals surface area contributed by atoms with Gasteiger partial charge in [-0.2, -0.15) is 19.6 Å². The van der Waals surface area contributed by atoms with Gasteiger partial charge in [-0.1, -0.05) is 5.16 Å². The normalized spacial score (nSPS) is 14.5. The maximum Gasteiger partial charge on any atom is 0.258 e. The average molecular weight is 403 g/mol. The van der Waals surface area contributed by atoms with Gasteiger partial charge in [-0.15, -0.1) is 5.10 Å². The van der Waals surface area contributed by atoms with Crippen LogP contribution in [0.5, 0.6) is 0 Å². The topological polar surface area (TPSA) is 111 Å². The second-order valence-electron chi connectivity index (χ2n) is 6.46. The fourth-order valence-electron chi connectivity index (χ4n) is 2.65. The molecule has 3 aromatic rings. The molecule has 0 N–H and O–H groups in total. The molecule has 12 heteroatoms. The number of hydrogen-bond donors (Lipinski definition) is 0. The molecular weight excluding hydrogens is 382 g/mol. The van der Waals surface area contributed by atoms with Crippen LogP contribution in [0.1, 0.15) is 11.5 Å². The first-order valence-corrected chi connectivity index (χ1v) is 9.62. The molecule has 1 saturated heterocycles. The molecule has 3 aromatic heterocycles. The maximum absolute atomic E-state index is 5.42. The first-order chi connectivity index (χ1) is 13.5. The summed E-state index contributed by atoms with van der Waals surface area (Å²) in [5, 5.41) is 9.03. The molecule has 4 rings (SSSR count). The first-order valence-electron chi connectivity index (χ1n) is 8.80. The van der Waals surface area contributed by atoms with E-state index in [-0.39, 0.29) is 0 Å². The Labute approximate surface area is 166 Å². The van der Waals surface area contributed by atoms with Crippen molar-refractivity contribution in [2.24, 2.45) is 0 Å². The van der Waals surface area contributed by atoms with Crippen molar-refractivity contribution in [3.63, 3.8) is 0 Å². The van der Waals surface area contributed by atoms with Crippen molar-refractivity contribution in [1.29, 1.82) is 0 Å². The summed E-state index contributed by atoms with van der Waals surface area (Å²) in [5.74, 6) is 2.32. The van der Waals surface area contributed by atoms with Crippen LogP contribution in [0.4, 0.5) is 11.9 Å². The summed E-state index contributed by atoms with van der Waals surface area (Å²) in [5.41, 5.74) is 0.809. The van der Waals surface area contributed by atoms with E-state index in [0.29, 0.717) is 36.2 Å². The van der Waals surface area contributed by atoms with Gasteiger partial charge >= 0.3 is 0 Å². The van der Waals surface area contributed by atoms with Crippen LogP contribution in [0.3, 0.4) is 0 Å². The molecule has 0 atom stereocenters. The minimum absolute atomic E-state index is 0.415. The van der Waals surface area contributed by atoms with Crippen LogP contribution in [-0.4, -0.2) is 75.3 Å². The number of ether oxygens (including phenoxy) is 1. The zero-order valence-corrected chi connectivity index (χ0v) is 17.0. The van der Waals surface area contributed by atoms with Crippen LogP contribution in [0.15, 0.2) is 20.9 Å². The summed E-state index contributed by atoms with van der Waals surface area (Å²) < 4.78 is 12.2. The molecule has 1 aliphatic rings. The van der Waals surface area contributed by atoms with Gasteiger partial charge in [0.25, 0.3) is 5.95 Å². The Morgan fingerprint density at radius 1 is 1.07 bits per heavy atom. The maximum atomic E-state index is 5.42. The summed E-state index contributed by atoms with van der Waals surface area (Å²) in [6.07, 6.45) is 1.60. The third-order valence-electron chi connectivity index (χ3n) is 4.13. The quantitative estimate of drug-likeness (QED) is 0.610. The van der Waals surface area contributed by atoms with Crippen molar-refractivity contribution < 1.29 is 9.26 Å². The zero-order chi connectivity index (χ0) is 19.7. The molecule has 0 saturated carbocycles. The van der Waals surface area contributed by atoms with Gasteiger partial charge in [-0.3, -0.25) is 0 Å². The second kappa shape index (κ2) is 7.72. The van der Waals surface area contributed by atoms with E-state index in [1.165, 1.54) is 11.8 Å². The van der Waals surface area contributed by atoms with Crippen molar-refractivity contribution in [2.45, 2.75) is 23.9 Å². The average Bonchev–Trinajstić information content (AvgIpc) is 3.30. The van der Waals surface area contributed by atoms with E-state index in [1.54, 1.807) is 11.0 Å². The highest BCUT2D eigenvalue weighted by molar-refractivity contribution is 7.99. The number of morpholine rings is 1. The Kier molecular flexibility index (Phi) is 5.13. The smallest absolute Gasteiger partial charge is 0.258 e. The molecule has 148 valence electrons. The number of aryl methyl sites for hydroxylation is 2. The predicted octanol–water partition coefficient (Wildman–Crippen LogP) is 1.11. The van der Waals surface area contributed by atoms with E-state index in [0.717, 1.165) is 29.4 Å². The van der Waals surface area contributed by atoms with Gasteiger partial charge in [0.05, 0.1) is 23.8 Å². The highest BCUT2D eigenvalue weighted by Gasteiger charge is 2.19. The molecule has 0 aromatic carbocycles. The largest absolute Gasteiger partial charge is 0.378 e. The van der Waals surface area contributed by atoms with E-state index in [2.05, 4.69) is 35.1 Å². The lowest BCUT2D eigenvalue weighted by molar-refractivity contribution is 0.122. The molecule has 0 radical (unpaired) electrons. The molecule has 4 heterocycles. The lowest BCUT2D eigenvalue weighted by Crippen LogP contribution is -2.38. The Bertz CT molecular complexity index is 945. The number of hydrogen-bond acceptors (Lipinski definition) is 11. The lowest BCUT2D eigenvalue weighted by Gasteiger charge is -2.27. The molecule has 0 bridgehead atoms. The molecule has 0 amide bonds. The number of anilines is 2. The van der Waals surface area contributed by atoms with E-state index in [1.807, 2.05) is 32.8 Å². The number of rotatable bonds is 5. The molecule has 28 heavy (non-hydrogen) atoms. The van der Waals surface area contributed by atoms with Crippen LogP contribution in [0, 0.1) is 13.8 Å². The molecular formula is C16H21N9O2S. The third kappa shape index (κ3) is 3.78. The summed E-state index contributed by atoms with van der Waals surface area (Å²) in [6.45, 7) is 6.53. The third-order valence-corrected chi connectivity index (χ3v) is 5.29. The Hall–Kier alpha value is -2.73. The van der Waals surface area contributed by atoms with Gasteiger partial charge in [0.2, 0.25) is 17.1 Å². The SMILES string of the molecule is Cc1noc(C)c1Sc1ncn(-c2nc(N(C)C)nc(N3CCOCC3)n2)n1. The summed E-state index contributed by atoms with van der Waals surface area (Å²) >= 11 is 1.40. The van der Waals surface area contributed by atoms with Crippen LogP contribution >= 0.6 is 11.8 Å². The van der Waals surface area contributed by atoms with E-state index >= 15 is 0 Å². The van der Waals surface area contributed by atoms with Crippen molar-refractivity contribution >= 4 is 23.7 Å². The minimum Gasteiger partial charge on any atom is -0.378 e. The van der Waals surface area contributed by atoms with Gasteiger partial charge < -0.3 is 19.1 Å². The van der Waals surface area contributed by atoms with Crippen LogP contribution < -0.4 is 9.80 Å². The number of nitrogens with zero attached hydrogens (tertiary/aromatic N) is 9. The fourth-order valence-corrected chi connectivity index (χ4v) is 3.43. The van der Waals surface area contributed by atoms with Gasteiger partial charge in [-0.25, -0.2) is 4.98 Å². The van der Waals surface area contributed by atoms with E-state index in [4.69, 9.17) is 9.26 Å². The van der Waals surface area contributed by atoms with Crippen LogP contribution in [0.2, 0.25) is 0 Å². The first kappa shape index (κ1) is 18.6. The second-order valence-corrected chi connectivity index (χ2v) is 7.43. The monoisotopic (exact) mass is 403 g/mol. The van der Waals surface area contributed by atoms with Gasteiger partial charge in [0.15, 0.2) is 0 Å². The lowest BCUT2D eigenvalue weighted by atomic mass is 10.4. The number of aromatic nitrogens is 7. The van der Waals surface area contributed by atoms with Crippen molar-refractivity contribution in [3.05, 3.63) is 17.8 Å². The molecule has 1 fully saturated rings. The minimum atomic E-state index is 0.415. The molecule has 0 spiro atoms. The predicted molar refractivity (Wildman–Crippen MR) is 102 cm³/mol. The van der Waals surface area contributed by atoms with Gasteiger partial charge in [0, 0.05) is 27.2 Å². The van der Waals surface area contributed by atoms with Crippen molar-refractivity contribution in [3.8, 4) is 5.95 Å². The molecule has 0 aliphatic carbocycles. The van der Waals surface area contributed by atoms with E-state index < -0.39 is 0 Å². The van der Waals surface area contributed by atoms with Gasteiger partial charge in [-0.05, 0) is 25.6 Å². The molecule has 11 nitrogen and oxygen atoms in total. The highest BCUT2D eigenvalue weighted by Crippen LogP contribution is 2.30. The fraction of sp³-hybridized carbons (Fsp3) is 0.500. The summed E-state index contributed by atoms with van der Waals surface area (Å²) in [4.78, 5) is 22.9. The molecule has 0 unspecified atom stereocenters. The standard InChI is InChI=1S/C16H21N9O2S/c1-10-12(11(2)27-22-10)28-16-17-9-25(21-16)15-19-13(23(3)4)18-14(20-15)24-5-7-26-8-6-24/h9H,5-8H2,1-4H3. The highest BCUT2D eigenvalue weighted by atomic mass is 32.2. The Morgan fingerprint density at radius 2 is 1.82 bits per heavy atom. The van der Waals surface area contributed by atoms with Gasteiger partial charge in [0.1, 0.15) is 12.1 Å². The summed E-state index contributed by atoms with van der Waals surface area (Å²) in [6, 6.07) is 0. The van der Waals surface area contributed by atoms with E-state index in [9.17, 15) is 0 Å².